The first-order chi connectivity index (χ1) is 9.02. The van der Waals surface area contributed by atoms with Gasteiger partial charge in [-0.05, 0) is 46.8 Å². The van der Waals surface area contributed by atoms with E-state index in [4.69, 9.17) is 0 Å². The SMILES string of the molecule is CCn1nc(C)c([C@@H](C)Nc2ccc(C)nn2)c1C. The number of nitrogens with zero attached hydrogens (tertiary/aromatic N) is 4. The molecule has 0 saturated heterocycles. The van der Waals surface area contributed by atoms with Crippen LogP contribution in [0.1, 0.15) is 42.5 Å². The summed E-state index contributed by atoms with van der Waals surface area (Å²) >= 11 is 0. The zero-order valence-electron chi connectivity index (χ0n) is 12.2. The van der Waals surface area contributed by atoms with Gasteiger partial charge < -0.3 is 5.32 Å². The van der Waals surface area contributed by atoms with Crippen molar-refractivity contribution in [2.45, 2.75) is 47.2 Å². The third-order valence-corrected chi connectivity index (χ3v) is 3.33. The zero-order chi connectivity index (χ0) is 14.0. The molecule has 1 atom stereocenters. The van der Waals surface area contributed by atoms with Crippen molar-refractivity contribution < 1.29 is 0 Å². The highest BCUT2D eigenvalue weighted by atomic mass is 15.3. The van der Waals surface area contributed by atoms with E-state index in [0.29, 0.717) is 0 Å². The summed E-state index contributed by atoms with van der Waals surface area (Å²) in [5, 5.41) is 16.1. The Kier molecular flexibility index (Phi) is 3.83. The Morgan fingerprint density at radius 3 is 2.47 bits per heavy atom. The zero-order valence-corrected chi connectivity index (χ0v) is 12.2. The molecule has 19 heavy (non-hydrogen) atoms. The Hall–Kier alpha value is -1.91. The quantitative estimate of drug-likeness (QED) is 0.917. The Balaban J connectivity index is 2.22. The van der Waals surface area contributed by atoms with Crippen molar-refractivity contribution in [1.82, 2.24) is 20.0 Å². The van der Waals surface area contributed by atoms with E-state index in [9.17, 15) is 0 Å². The Morgan fingerprint density at radius 2 is 1.95 bits per heavy atom. The minimum Gasteiger partial charge on any atom is -0.362 e. The first-order valence-electron chi connectivity index (χ1n) is 6.63. The number of anilines is 1. The molecule has 0 aliphatic rings. The summed E-state index contributed by atoms with van der Waals surface area (Å²) in [6.07, 6.45) is 0. The van der Waals surface area contributed by atoms with Crippen molar-refractivity contribution in [3.8, 4) is 0 Å². The normalized spacial score (nSPS) is 12.5. The molecule has 2 rings (SSSR count). The number of aromatic nitrogens is 4. The Bertz CT molecular complexity index is 556. The molecule has 102 valence electrons. The molecule has 0 amide bonds. The van der Waals surface area contributed by atoms with Gasteiger partial charge >= 0.3 is 0 Å². The van der Waals surface area contributed by atoms with Crippen molar-refractivity contribution in [3.05, 3.63) is 34.8 Å². The van der Waals surface area contributed by atoms with Gasteiger partial charge in [0.15, 0.2) is 0 Å². The molecule has 0 fully saturated rings. The molecular formula is C14H21N5. The van der Waals surface area contributed by atoms with Crippen LogP contribution < -0.4 is 5.32 Å². The summed E-state index contributed by atoms with van der Waals surface area (Å²) in [6.45, 7) is 11.2. The average Bonchev–Trinajstić information content (AvgIpc) is 2.67. The van der Waals surface area contributed by atoms with E-state index < -0.39 is 0 Å². The Labute approximate surface area is 114 Å². The van der Waals surface area contributed by atoms with E-state index in [2.05, 4.69) is 41.4 Å². The first kappa shape index (κ1) is 13.5. The molecule has 0 aromatic carbocycles. The van der Waals surface area contributed by atoms with Gasteiger partial charge in [-0.3, -0.25) is 4.68 Å². The van der Waals surface area contributed by atoms with E-state index in [1.165, 1.54) is 11.3 Å². The van der Waals surface area contributed by atoms with E-state index in [1.54, 1.807) is 0 Å². The van der Waals surface area contributed by atoms with Gasteiger partial charge in [0.1, 0.15) is 5.82 Å². The lowest BCUT2D eigenvalue weighted by Gasteiger charge is -2.15. The molecule has 0 aliphatic heterocycles. The van der Waals surface area contributed by atoms with E-state index in [-0.39, 0.29) is 6.04 Å². The standard InChI is InChI=1S/C14H21N5/c1-6-19-12(5)14(11(4)18-19)10(3)15-13-8-7-9(2)16-17-13/h7-8,10H,6H2,1-5H3,(H,15,17)/t10-/m1/s1. The van der Waals surface area contributed by atoms with Gasteiger partial charge in [-0.25, -0.2) is 0 Å². The molecule has 0 spiro atoms. The molecule has 2 aromatic heterocycles. The summed E-state index contributed by atoms with van der Waals surface area (Å²) in [7, 11) is 0. The van der Waals surface area contributed by atoms with Crippen LogP contribution in [-0.2, 0) is 6.54 Å². The van der Waals surface area contributed by atoms with Crippen LogP contribution in [0.2, 0.25) is 0 Å². The highest BCUT2D eigenvalue weighted by molar-refractivity contribution is 5.39. The largest absolute Gasteiger partial charge is 0.362 e. The lowest BCUT2D eigenvalue weighted by atomic mass is 10.1. The van der Waals surface area contributed by atoms with E-state index in [1.807, 2.05) is 30.7 Å². The number of rotatable bonds is 4. The second kappa shape index (κ2) is 5.38. The summed E-state index contributed by atoms with van der Waals surface area (Å²) in [6, 6.07) is 4.07. The fraction of sp³-hybridized carbons (Fsp3) is 0.500. The molecule has 2 heterocycles. The van der Waals surface area contributed by atoms with Gasteiger partial charge in [0.25, 0.3) is 0 Å². The van der Waals surface area contributed by atoms with Gasteiger partial charge in [-0.1, -0.05) is 0 Å². The van der Waals surface area contributed by atoms with Crippen LogP contribution in [0.4, 0.5) is 5.82 Å². The van der Waals surface area contributed by atoms with Crippen LogP contribution in [0.15, 0.2) is 12.1 Å². The monoisotopic (exact) mass is 259 g/mol. The van der Waals surface area contributed by atoms with Crippen molar-refractivity contribution >= 4 is 5.82 Å². The van der Waals surface area contributed by atoms with E-state index in [0.717, 1.165) is 23.8 Å². The number of hydrogen-bond donors (Lipinski definition) is 1. The summed E-state index contributed by atoms with van der Waals surface area (Å²) in [5.41, 5.74) is 4.44. The van der Waals surface area contributed by atoms with Gasteiger partial charge in [0, 0.05) is 17.8 Å². The van der Waals surface area contributed by atoms with Crippen molar-refractivity contribution in [3.63, 3.8) is 0 Å². The molecule has 0 radical (unpaired) electrons. The predicted octanol–water partition coefficient (Wildman–Crippen LogP) is 2.79. The highest BCUT2D eigenvalue weighted by Gasteiger charge is 2.17. The van der Waals surface area contributed by atoms with Crippen molar-refractivity contribution in [2.75, 3.05) is 5.32 Å². The molecule has 0 bridgehead atoms. The lowest BCUT2D eigenvalue weighted by Crippen LogP contribution is -2.11. The fourth-order valence-electron chi connectivity index (χ4n) is 2.42. The highest BCUT2D eigenvalue weighted by Crippen LogP contribution is 2.24. The maximum Gasteiger partial charge on any atom is 0.149 e. The summed E-state index contributed by atoms with van der Waals surface area (Å²) in [5.74, 6) is 0.793. The third-order valence-electron chi connectivity index (χ3n) is 3.33. The molecule has 1 N–H and O–H groups in total. The van der Waals surface area contributed by atoms with Crippen LogP contribution in [0.3, 0.4) is 0 Å². The number of nitrogens with one attached hydrogen (secondary N) is 1. The first-order valence-corrected chi connectivity index (χ1v) is 6.63. The molecular weight excluding hydrogens is 238 g/mol. The molecule has 0 unspecified atom stereocenters. The second-order valence-electron chi connectivity index (χ2n) is 4.83. The lowest BCUT2D eigenvalue weighted by molar-refractivity contribution is 0.632. The topological polar surface area (TPSA) is 55.6 Å². The van der Waals surface area contributed by atoms with Crippen LogP contribution >= 0.6 is 0 Å². The van der Waals surface area contributed by atoms with Crippen LogP contribution in [0.5, 0.6) is 0 Å². The van der Waals surface area contributed by atoms with Crippen LogP contribution in [-0.4, -0.2) is 20.0 Å². The molecule has 5 heteroatoms. The van der Waals surface area contributed by atoms with Crippen molar-refractivity contribution in [2.24, 2.45) is 0 Å². The van der Waals surface area contributed by atoms with Crippen LogP contribution in [0.25, 0.3) is 0 Å². The molecule has 5 nitrogen and oxygen atoms in total. The summed E-state index contributed by atoms with van der Waals surface area (Å²) < 4.78 is 2.03. The second-order valence-corrected chi connectivity index (χ2v) is 4.83. The predicted molar refractivity (Wildman–Crippen MR) is 76.2 cm³/mol. The van der Waals surface area contributed by atoms with Gasteiger partial charge in [0.05, 0.1) is 17.4 Å². The van der Waals surface area contributed by atoms with Gasteiger partial charge in [0.2, 0.25) is 0 Å². The maximum atomic E-state index is 4.55. The van der Waals surface area contributed by atoms with Crippen LogP contribution in [0, 0.1) is 20.8 Å². The molecule has 0 aliphatic carbocycles. The van der Waals surface area contributed by atoms with E-state index >= 15 is 0 Å². The molecule has 2 aromatic rings. The fourth-order valence-corrected chi connectivity index (χ4v) is 2.42. The van der Waals surface area contributed by atoms with Gasteiger partial charge in [-0.15, -0.1) is 5.10 Å². The minimum absolute atomic E-state index is 0.164. The third kappa shape index (κ3) is 2.75. The Morgan fingerprint density at radius 1 is 1.21 bits per heavy atom. The minimum atomic E-state index is 0.164. The average molecular weight is 259 g/mol. The molecule has 0 saturated carbocycles. The number of aryl methyl sites for hydroxylation is 3. The van der Waals surface area contributed by atoms with Crippen molar-refractivity contribution in [1.29, 1.82) is 0 Å². The van der Waals surface area contributed by atoms with Gasteiger partial charge in [-0.2, -0.15) is 10.2 Å². The smallest absolute Gasteiger partial charge is 0.149 e. The summed E-state index contributed by atoms with van der Waals surface area (Å²) in [4.78, 5) is 0. The maximum absolute atomic E-state index is 4.55. The number of hydrogen-bond acceptors (Lipinski definition) is 4.